The standard InChI is InChI=1S/C35H41N7O3/c1-2-33(44)42-18-17-40(21-26(42)13-14-36)34-30-10-6-15-39(32-20-28(43)19-24-7-3-4-9-29(24)32)22-31(30)37-35(38-34)45-23-27-8-5-16-41(27)25-11-12-25/h2-4,7,9,19-20,25-27,43H,1,5-6,8,10-13,15-18,21-23H2/t26-,27-/m0/s1. The molecule has 4 aliphatic rings. The summed E-state index contributed by atoms with van der Waals surface area (Å²) in [5.41, 5.74) is 3.00. The van der Waals surface area contributed by atoms with E-state index in [9.17, 15) is 15.2 Å². The van der Waals surface area contributed by atoms with Crippen molar-refractivity contribution in [2.75, 3.05) is 49.1 Å². The SMILES string of the molecule is C=CC(=O)N1CCN(c2nc(OC[C@@H]3CCCN3C3CC3)nc3c2CCCN(c2cc(O)cc4ccccc24)C3)C[C@@H]1CC#N. The van der Waals surface area contributed by atoms with Crippen LogP contribution in [0.1, 0.15) is 49.8 Å². The number of hydrogen-bond acceptors (Lipinski definition) is 9. The molecule has 1 aliphatic carbocycles. The number of amides is 1. The van der Waals surface area contributed by atoms with Crippen molar-refractivity contribution in [3.05, 3.63) is 60.3 Å². The maximum atomic E-state index is 12.6. The van der Waals surface area contributed by atoms with Gasteiger partial charge in [-0.2, -0.15) is 15.2 Å². The zero-order valence-corrected chi connectivity index (χ0v) is 25.8. The molecule has 0 bridgehead atoms. The molecule has 2 saturated heterocycles. The van der Waals surface area contributed by atoms with Gasteiger partial charge in [-0.05, 0) is 62.6 Å². The summed E-state index contributed by atoms with van der Waals surface area (Å²) < 4.78 is 6.44. The normalized spacial score (nSPS) is 22.2. The summed E-state index contributed by atoms with van der Waals surface area (Å²) in [4.78, 5) is 31.6. The average Bonchev–Trinajstić information content (AvgIpc) is 3.83. The van der Waals surface area contributed by atoms with Crippen LogP contribution in [0, 0.1) is 11.3 Å². The van der Waals surface area contributed by atoms with Gasteiger partial charge in [-0.15, -0.1) is 0 Å². The van der Waals surface area contributed by atoms with Crippen molar-refractivity contribution < 1.29 is 14.6 Å². The lowest BCUT2D eigenvalue weighted by Gasteiger charge is -2.41. The number of nitriles is 1. The monoisotopic (exact) mass is 607 g/mol. The minimum Gasteiger partial charge on any atom is -0.508 e. The summed E-state index contributed by atoms with van der Waals surface area (Å²) in [6.07, 6.45) is 8.14. The second-order valence-corrected chi connectivity index (χ2v) is 12.7. The van der Waals surface area contributed by atoms with E-state index in [-0.39, 0.29) is 24.1 Å². The van der Waals surface area contributed by atoms with Gasteiger partial charge in [0.05, 0.1) is 30.8 Å². The number of hydrogen-bond donors (Lipinski definition) is 1. The number of likely N-dealkylation sites (tertiary alicyclic amines) is 1. The fraction of sp³-hybridized carbons (Fsp3) is 0.486. The Morgan fingerprint density at radius 3 is 2.76 bits per heavy atom. The number of carbonyl (C=O) groups excluding carboxylic acids is 1. The van der Waals surface area contributed by atoms with Crippen LogP contribution in [0.15, 0.2) is 49.1 Å². The lowest BCUT2D eigenvalue weighted by atomic mass is 10.1. The Bertz CT molecular complexity index is 1630. The van der Waals surface area contributed by atoms with Crippen LogP contribution in [-0.2, 0) is 17.8 Å². The van der Waals surface area contributed by atoms with Crippen LogP contribution in [0.3, 0.4) is 0 Å². The van der Waals surface area contributed by atoms with Crippen LogP contribution in [0.4, 0.5) is 11.5 Å². The Hall–Kier alpha value is -4.36. The molecule has 0 radical (unpaired) electrons. The number of aromatic nitrogens is 2. The number of nitrogens with zero attached hydrogens (tertiary/aromatic N) is 7. The number of fused-ring (bicyclic) bond motifs is 2. The molecule has 234 valence electrons. The zero-order chi connectivity index (χ0) is 30.9. The summed E-state index contributed by atoms with van der Waals surface area (Å²) in [6, 6.07) is 15.3. The summed E-state index contributed by atoms with van der Waals surface area (Å²) >= 11 is 0. The van der Waals surface area contributed by atoms with Crippen molar-refractivity contribution in [2.45, 2.75) is 69.6 Å². The molecular formula is C35H41N7O3. The maximum Gasteiger partial charge on any atom is 0.318 e. The molecule has 3 aromatic rings. The van der Waals surface area contributed by atoms with E-state index in [1.165, 1.54) is 25.3 Å². The Morgan fingerprint density at radius 1 is 1.07 bits per heavy atom. The van der Waals surface area contributed by atoms with Crippen molar-refractivity contribution in [1.29, 1.82) is 5.26 Å². The molecule has 1 saturated carbocycles. The predicted octanol–water partition coefficient (Wildman–Crippen LogP) is 4.41. The van der Waals surface area contributed by atoms with Gasteiger partial charge in [0.15, 0.2) is 0 Å². The third-order valence-corrected chi connectivity index (χ3v) is 9.82. The molecule has 3 fully saturated rings. The van der Waals surface area contributed by atoms with E-state index < -0.39 is 0 Å². The summed E-state index contributed by atoms with van der Waals surface area (Å²) in [5, 5.41) is 22.3. The van der Waals surface area contributed by atoms with Gasteiger partial charge in [0, 0.05) is 61.0 Å². The second-order valence-electron chi connectivity index (χ2n) is 12.7. The molecule has 0 spiro atoms. The van der Waals surface area contributed by atoms with E-state index in [0.29, 0.717) is 50.9 Å². The van der Waals surface area contributed by atoms with Gasteiger partial charge in [0.2, 0.25) is 5.91 Å². The predicted molar refractivity (Wildman–Crippen MR) is 173 cm³/mol. The van der Waals surface area contributed by atoms with Gasteiger partial charge in [0.1, 0.15) is 18.2 Å². The molecule has 4 heterocycles. The highest BCUT2D eigenvalue weighted by molar-refractivity contribution is 5.95. The highest BCUT2D eigenvalue weighted by atomic mass is 16.5. The van der Waals surface area contributed by atoms with Gasteiger partial charge in [0.25, 0.3) is 0 Å². The lowest BCUT2D eigenvalue weighted by Crippen LogP contribution is -2.55. The lowest BCUT2D eigenvalue weighted by molar-refractivity contribution is -0.128. The molecule has 2 atom stereocenters. The number of phenolic OH excluding ortho intramolecular Hbond substituents is 1. The van der Waals surface area contributed by atoms with Gasteiger partial charge in [-0.25, -0.2) is 0 Å². The molecule has 1 amide bonds. The maximum absolute atomic E-state index is 12.6. The number of rotatable bonds is 8. The number of aromatic hydroxyl groups is 1. The van der Waals surface area contributed by atoms with E-state index in [0.717, 1.165) is 65.9 Å². The number of ether oxygens (including phenoxy) is 1. The first-order chi connectivity index (χ1) is 22.0. The van der Waals surface area contributed by atoms with Gasteiger partial charge >= 0.3 is 6.01 Å². The highest BCUT2D eigenvalue weighted by Crippen LogP contribution is 2.37. The topological polar surface area (TPSA) is 109 Å². The van der Waals surface area contributed by atoms with Crippen molar-refractivity contribution in [3.8, 4) is 17.8 Å². The Labute approximate surface area is 264 Å². The average molecular weight is 608 g/mol. The summed E-state index contributed by atoms with van der Waals surface area (Å²) in [5.74, 6) is 0.941. The quantitative estimate of drug-likeness (QED) is 0.373. The smallest absolute Gasteiger partial charge is 0.318 e. The molecule has 3 aliphatic heterocycles. The number of benzene rings is 2. The Morgan fingerprint density at radius 2 is 1.93 bits per heavy atom. The van der Waals surface area contributed by atoms with Crippen LogP contribution in [0.25, 0.3) is 10.8 Å². The van der Waals surface area contributed by atoms with Crippen molar-refractivity contribution in [2.24, 2.45) is 0 Å². The summed E-state index contributed by atoms with van der Waals surface area (Å²) in [6.45, 7) is 8.33. The number of piperazine rings is 1. The summed E-state index contributed by atoms with van der Waals surface area (Å²) in [7, 11) is 0. The Balaban J connectivity index is 1.23. The van der Waals surface area contributed by atoms with Crippen LogP contribution in [-0.4, -0.2) is 88.2 Å². The van der Waals surface area contributed by atoms with E-state index in [2.05, 4.69) is 33.4 Å². The fourth-order valence-electron chi connectivity index (χ4n) is 7.49. The number of anilines is 2. The zero-order valence-electron chi connectivity index (χ0n) is 25.8. The second kappa shape index (κ2) is 12.6. The molecular weight excluding hydrogens is 566 g/mol. The third-order valence-electron chi connectivity index (χ3n) is 9.82. The van der Waals surface area contributed by atoms with Gasteiger partial charge in [-0.3, -0.25) is 9.69 Å². The largest absolute Gasteiger partial charge is 0.508 e. The first-order valence-electron chi connectivity index (χ1n) is 16.3. The van der Waals surface area contributed by atoms with Crippen molar-refractivity contribution in [3.63, 3.8) is 0 Å². The molecule has 2 aromatic carbocycles. The van der Waals surface area contributed by atoms with Crippen LogP contribution in [0.2, 0.25) is 0 Å². The molecule has 7 rings (SSSR count). The first-order valence-corrected chi connectivity index (χ1v) is 16.3. The van der Waals surface area contributed by atoms with E-state index >= 15 is 0 Å². The molecule has 45 heavy (non-hydrogen) atoms. The first kappa shape index (κ1) is 29.4. The number of phenols is 1. The third kappa shape index (κ3) is 6.01. The van der Waals surface area contributed by atoms with E-state index in [1.807, 2.05) is 24.3 Å². The van der Waals surface area contributed by atoms with E-state index in [4.69, 9.17) is 14.7 Å². The number of carbonyl (C=O) groups is 1. The fourth-order valence-corrected chi connectivity index (χ4v) is 7.49. The van der Waals surface area contributed by atoms with Crippen LogP contribution < -0.4 is 14.5 Å². The molecule has 10 heteroatoms. The highest BCUT2D eigenvalue weighted by Gasteiger charge is 2.37. The molecule has 0 unspecified atom stereocenters. The van der Waals surface area contributed by atoms with E-state index in [1.54, 1.807) is 11.0 Å². The molecule has 1 aromatic heterocycles. The van der Waals surface area contributed by atoms with Crippen molar-refractivity contribution >= 4 is 28.2 Å². The van der Waals surface area contributed by atoms with Gasteiger partial charge < -0.3 is 24.5 Å². The Kier molecular flexibility index (Phi) is 8.19. The minimum atomic E-state index is -0.254. The van der Waals surface area contributed by atoms with Crippen LogP contribution in [0.5, 0.6) is 11.8 Å². The van der Waals surface area contributed by atoms with Gasteiger partial charge in [-0.1, -0.05) is 30.8 Å². The molecule has 10 nitrogen and oxygen atoms in total. The molecule has 1 N–H and O–H groups in total. The van der Waals surface area contributed by atoms with Crippen LogP contribution >= 0.6 is 0 Å². The minimum absolute atomic E-state index is 0.147. The van der Waals surface area contributed by atoms with Crippen molar-refractivity contribution in [1.82, 2.24) is 19.8 Å².